The zero-order valence-corrected chi connectivity index (χ0v) is 19.7. The lowest BCUT2D eigenvalue weighted by atomic mass is 9.77. The van der Waals surface area contributed by atoms with Gasteiger partial charge in [0.15, 0.2) is 0 Å². The molecule has 0 amide bonds. The summed E-state index contributed by atoms with van der Waals surface area (Å²) in [7, 11) is 1.48. The molecular formula is C23H33N3O4S. The van der Waals surface area contributed by atoms with Gasteiger partial charge in [0.2, 0.25) is 5.88 Å². The molecule has 0 spiro atoms. The van der Waals surface area contributed by atoms with Gasteiger partial charge in [-0.25, -0.2) is 13.4 Å². The summed E-state index contributed by atoms with van der Waals surface area (Å²) >= 11 is 0. The fourth-order valence-corrected chi connectivity index (χ4v) is 5.00. The smallest absolute Gasteiger partial charge is 0.261 e. The molecule has 31 heavy (non-hydrogen) atoms. The first kappa shape index (κ1) is 23.5. The number of nitrogens with one attached hydrogen (secondary N) is 1. The summed E-state index contributed by atoms with van der Waals surface area (Å²) in [5, 5.41) is 0. The van der Waals surface area contributed by atoms with Crippen LogP contribution in [0.1, 0.15) is 31.0 Å². The van der Waals surface area contributed by atoms with E-state index in [2.05, 4.69) is 28.2 Å². The lowest BCUT2D eigenvalue weighted by molar-refractivity contribution is 0.0141. The normalized spacial score (nSPS) is 22.5. The van der Waals surface area contributed by atoms with E-state index in [1.165, 1.54) is 7.11 Å². The van der Waals surface area contributed by atoms with Crippen LogP contribution in [0.3, 0.4) is 0 Å². The van der Waals surface area contributed by atoms with Crippen molar-refractivity contribution in [2.75, 3.05) is 39.1 Å². The summed E-state index contributed by atoms with van der Waals surface area (Å²) < 4.78 is 39.5. The van der Waals surface area contributed by atoms with Crippen LogP contribution in [0.2, 0.25) is 0 Å². The van der Waals surface area contributed by atoms with Crippen LogP contribution in [0.5, 0.6) is 5.88 Å². The van der Waals surface area contributed by atoms with E-state index in [4.69, 9.17) is 9.47 Å². The van der Waals surface area contributed by atoms with Gasteiger partial charge < -0.3 is 14.4 Å². The third-order valence-electron chi connectivity index (χ3n) is 6.10. The summed E-state index contributed by atoms with van der Waals surface area (Å²) in [5.74, 6) is 0.623. The molecule has 1 saturated carbocycles. The fourth-order valence-electron chi connectivity index (χ4n) is 3.89. The van der Waals surface area contributed by atoms with Gasteiger partial charge >= 0.3 is 0 Å². The highest BCUT2D eigenvalue weighted by atomic mass is 32.2. The van der Waals surface area contributed by atoms with Crippen molar-refractivity contribution in [1.82, 2.24) is 9.88 Å². The third-order valence-corrected chi connectivity index (χ3v) is 7.58. The van der Waals surface area contributed by atoms with Crippen LogP contribution in [-0.2, 0) is 27.6 Å². The number of ether oxygens (including phenoxy) is 2. The molecule has 1 aliphatic carbocycles. The van der Waals surface area contributed by atoms with Crippen LogP contribution in [0.25, 0.3) is 0 Å². The Balaban J connectivity index is 1.77. The lowest BCUT2D eigenvalue weighted by Crippen LogP contribution is -2.30. The van der Waals surface area contributed by atoms with E-state index < -0.39 is 10.0 Å². The first-order valence-electron chi connectivity index (χ1n) is 10.6. The van der Waals surface area contributed by atoms with Gasteiger partial charge in [-0.15, -0.1) is 0 Å². The summed E-state index contributed by atoms with van der Waals surface area (Å²) in [6.45, 7) is 7.61. The molecule has 0 saturated heterocycles. The van der Waals surface area contributed by atoms with Crippen molar-refractivity contribution in [1.29, 1.82) is 0 Å². The van der Waals surface area contributed by atoms with E-state index >= 15 is 0 Å². The summed E-state index contributed by atoms with van der Waals surface area (Å²) in [6, 6.07) is 1.85. The number of allylic oxidation sites excluding steroid dienone is 4. The van der Waals surface area contributed by atoms with Crippen molar-refractivity contribution in [3.8, 4) is 5.88 Å². The van der Waals surface area contributed by atoms with Crippen molar-refractivity contribution < 1.29 is 17.9 Å². The quantitative estimate of drug-likeness (QED) is 0.616. The van der Waals surface area contributed by atoms with Crippen molar-refractivity contribution in [2.24, 2.45) is 5.92 Å². The summed E-state index contributed by atoms with van der Waals surface area (Å²) in [6.07, 6.45) is 8.70. The number of fused-ring (bicyclic) bond motifs is 1. The Morgan fingerprint density at radius 3 is 2.61 bits per heavy atom. The number of anilines is 1. The Morgan fingerprint density at radius 1 is 1.26 bits per heavy atom. The fraction of sp³-hybridized carbons (Fsp3) is 0.522. The van der Waals surface area contributed by atoms with Crippen molar-refractivity contribution in [3.05, 3.63) is 52.6 Å². The molecule has 0 radical (unpaired) electrons. The average molecular weight is 448 g/mol. The van der Waals surface area contributed by atoms with E-state index in [-0.39, 0.29) is 16.9 Å². The van der Waals surface area contributed by atoms with E-state index in [9.17, 15) is 8.42 Å². The molecule has 1 N–H and O–H groups in total. The Morgan fingerprint density at radius 2 is 1.97 bits per heavy atom. The highest BCUT2D eigenvalue weighted by molar-refractivity contribution is 7.96. The molecule has 2 heterocycles. The summed E-state index contributed by atoms with van der Waals surface area (Å²) in [5.41, 5.74) is 3.28. The molecule has 8 heteroatoms. The number of hydrogen-bond donors (Lipinski definition) is 1. The van der Waals surface area contributed by atoms with E-state index in [1.807, 2.05) is 6.07 Å². The maximum atomic E-state index is 13.1. The summed E-state index contributed by atoms with van der Waals surface area (Å²) in [4.78, 5) is 7.00. The van der Waals surface area contributed by atoms with Crippen LogP contribution < -0.4 is 9.46 Å². The topological polar surface area (TPSA) is 80.8 Å². The number of sulfonamides is 1. The Hall–Kier alpha value is -2.16. The maximum Gasteiger partial charge on any atom is 0.261 e. The van der Waals surface area contributed by atoms with E-state index in [1.54, 1.807) is 32.3 Å². The second kappa shape index (κ2) is 9.97. The molecule has 170 valence electrons. The minimum absolute atomic E-state index is 0.174. The molecule has 0 aromatic carbocycles. The molecule has 3 rings (SSSR count). The number of methoxy groups -OCH3 is 2. The van der Waals surface area contributed by atoms with Gasteiger partial charge in [-0.3, -0.25) is 4.72 Å². The van der Waals surface area contributed by atoms with Crippen molar-refractivity contribution in [3.63, 3.8) is 0 Å². The number of hydrogen-bond acceptors (Lipinski definition) is 6. The van der Waals surface area contributed by atoms with Gasteiger partial charge in [-0.2, -0.15) is 0 Å². The first-order chi connectivity index (χ1) is 14.8. The molecule has 2 aliphatic rings. The predicted octanol–water partition coefficient (Wildman–Crippen LogP) is 3.30. The van der Waals surface area contributed by atoms with Crippen molar-refractivity contribution in [2.45, 2.75) is 38.7 Å². The van der Waals surface area contributed by atoms with Crippen LogP contribution in [0.4, 0.5) is 5.69 Å². The molecule has 1 aromatic rings. The second-order valence-electron chi connectivity index (χ2n) is 8.19. The van der Waals surface area contributed by atoms with Crippen LogP contribution in [-0.4, -0.2) is 58.8 Å². The molecular weight excluding hydrogens is 414 g/mol. The van der Waals surface area contributed by atoms with Gasteiger partial charge in [-0.1, -0.05) is 24.3 Å². The molecule has 0 unspecified atom stereocenters. The van der Waals surface area contributed by atoms with Crippen LogP contribution in [0.15, 0.2) is 41.4 Å². The van der Waals surface area contributed by atoms with Gasteiger partial charge in [0, 0.05) is 32.3 Å². The van der Waals surface area contributed by atoms with E-state index in [0.717, 1.165) is 55.6 Å². The molecule has 0 atom stereocenters. The second-order valence-corrected chi connectivity index (χ2v) is 9.87. The number of likely N-dealkylation sites (N-methyl/N-ethyl adjacent to an activating group) is 1. The molecule has 1 aliphatic heterocycles. The largest absolute Gasteiger partial charge is 0.479 e. The Kier molecular flexibility index (Phi) is 7.56. The zero-order chi connectivity index (χ0) is 22.6. The monoisotopic (exact) mass is 447 g/mol. The van der Waals surface area contributed by atoms with Gasteiger partial charge in [0.05, 0.1) is 18.1 Å². The average Bonchev–Trinajstić information content (AvgIpc) is 2.88. The first-order valence-corrected chi connectivity index (χ1v) is 12.1. The standard InChI is InChI=1S/C23H33N3O4S/c1-6-20(8-7-16(2)18-13-19(14-18)29-4)31(27,28)25-22-15-17-9-11-26(3)12-10-21(17)24-23(22)30-5/h6-8,15,18-19,25H,2,9-14H2,1,3-5H3/b8-7-,20-6+/t18-,19+. The molecule has 0 bridgehead atoms. The van der Waals surface area contributed by atoms with Gasteiger partial charge in [0.1, 0.15) is 5.69 Å². The SMILES string of the molecule is C=C(/C=C\C(=C/C)S(=O)(=O)Nc1cc2c(nc1OC)CCN(C)CC2)[C@H]1C[C@@H](OC)C1. The van der Waals surface area contributed by atoms with Gasteiger partial charge in [-0.05, 0) is 56.9 Å². The van der Waals surface area contributed by atoms with Crippen LogP contribution >= 0.6 is 0 Å². The highest BCUT2D eigenvalue weighted by Gasteiger charge is 2.30. The van der Waals surface area contributed by atoms with E-state index in [0.29, 0.717) is 11.6 Å². The molecule has 1 fully saturated rings. The molecule has 7 nitrogen and oxygen atoms in total. The Labute approximate surface area is 185 Å². The van der Waals surface area contributed by atoms with Crippen molar-refractivity contribution >= 4 is 15.7 Å². The zero-order valence-electron chi connectivity index (χ0n) is 18.8. The number of nitrogens with zero attached hydrogens (tertiary/aromatic N) is 2. The minimum atomic E-state index is -3.80. The number of rotatable bonds is 8. The maximum absolute atomic E-state index is 13.1. The number of aromatic nitrogens is 1. The molecule has 1 aromatic heterocycles. The third kappa shape index (κ3) is 5.56. The number of pyridine rings is 1. The predicted molar refractivity (Wildman–Crippen MR) is 124 cm³/mol. The highest BCUT2D eigenvalue weighted by Crippen LogP contribution is 2.35. The van der Waals surface area contributed by atoms with Crippen LogP contribution in [0, 0.1) is 5.92 Å². The lowest BCUT2D eigenvalue weighted by Gasteiger charge is -2.34. The minimum Gasteiger partial charge on any atom is -0.479 e. The van der Waals surface area contributed by atoms with Gasteiger partial charge in [0.25, 0.3) is 10.0 Å². The Bertz CT molecular complexity index is 979.